The standard InChI is InChI=1S/C24H24F2N4O.C23H24N4O.C22H21F3N4O.C22H20FN5O.C21H21FN4O/c1-14-8-18(31)9-16-4-3-5-21(23(16)28-14)30-7-6-15-10-19(17-12-27-29(2)13-17)20(24(25)26)11-22(15)30;1-15-10-20(28)11-18-4-3-5-21(23(18)25-15)27-9-8-16-6-7-17(12-22(16)27)19-13-24-26(2)14-19;1-12-6-15(30)7-13-4-3-5-19(21(13)27-12)28-20-9-17(22(24)25)16(8-18(20)23)14-10-26-29(2)11-14;1-13-6-17(29)7-14-4-3-5-20(22(14)26-13)27-21-8-15(10-24)18(9-19(21)23)16-11-25-28(2)12-16;1-13-8-17(27)9-15-4-3-5-20(21(15)24-13)25-19-7-6-14(10-18(19)22)16-11-23-26(2)12-16/h3-5,10-14,24,28H,6-9H2,1-2H3;3-7,12-15,25H,8-11H2,1-2H3;3-5,8-12,22,27-28H,6-7H2,1-2H3;3-5,8-9,11-13,26-27H,6-7H2,1-2H3;3-7,10-13,24-25H,8-9H2,1-2H3/t14-;15-;12-;2*13-/m11111/s1. The first kappa shape index (κ1) is 98.8. The number of benzene rings is 10. The van der Waals surface area contributed by atoms with Crippen molar-refractivity contribution in [3.63, 3.8) is 0 Å². The fourth-order valence-electron chi connectivity index (χ4n) is 20.0. The molecule has 15 aromatic rings. The Bertz CT molecular complexity index is 7540. The van der Waals surface area contributed by atoms with Crippen molar-refractivity contribution in [1.29, 1.82) is 5.26 Å². The van der Waals surface area contributed by atoms with Gasteiger partial charge in [-0.1, -0.05) is 78.9 Å². The number of rotatable bonds is 15. The zero-order chi connectivity index (χ0) is 102. The van der Waals surface area contributed by atoms with Gasteiger partial charge in [0.05, 0.1) is 117 Å². The molecule has 22 rings (SSSR count). The number of fused-ring (bicyclic) bond motifs is 7. The molecule has 12 heterocycles. The third-order valence-electron chi connectivity index (χ3n) is 26.7. The van der Waals surface area contributed by atoms with Gasteiger partial charge in [0, 0.05) is 230 Å². The van der Waals surface area contributed by atoms with Crippen molar-refractivity contribution in [3.8, 4) is 61.7 Å². The molecule has 742 valence electrons. The van der Waals surface area contributed by atoms with E-state index in [1.165, 1.54) is 51.6 Å². The highest BCUT2D eigenvalue weighted by Gasteiger charge is 2.34. The maximum atomic E-state index is 14.9. The Balaban J connectivity index is 0.000000119. The highest BCUT2D eigenvalue weighted by Crippen LogP contribution is 2.49. The zero-order valence-corrected chi connectivity index (χ0v) is 81.8. The Morgan fingerprint density at radius 2 is 0.648 bits per heavy atom. The van der Waals surface area contributed by atoms with Crippen LogP contribution in [0.1, 0.15) is 135 Å². The fraction of sp³-hybridized carbons (Fsp3) is 0.277. The summed E-state index contributed by atoms with van der Waals surface area (Å²) in [5.74, 6) is -0.482. The van der Waals surface area contributed by atoms with Gasteiger partial charge >= 0.3 is 0 Å². The topological polar surface area (TPSA) is 301 Å². The molecular formula is C112H110F7N21O5. The molecule has 0 spiro atoms. The summed E-state index contributed by atoms with van der Waals surface area (Å²) in [5.41, 5.74) is 25.0. The predicted octanol–water partition coefficient (Wildman–Crippen LogP) is 22.8. The molecule has 26 nitrogen and oxygen atoms in total. The van der Waals surface area contributed by atoms with E-state index >= 15 is 0 Å². The van der Waals surface area contributed by atoms with Gasteiger partial charge in [-0.05, 0) is 194 Å². The normalized spacial score (nSPS) is 17.0. The van der Waals surface area contributed by atoms with Gasteiger partial charge in [0.2, 0.25) is 0 Å². The highest BCUT2D eigenvalue weighted by atomic mass is 19.3. The Labute approximate surface area is 834 Å². The fourth-order valence-corrected chi connectivity index (χ4v) is 20.0. The number of aryl methyl sites for hydroxylation is 5. The van der Waals surface area contributed by atoms with Gasteiger partial charge in [-0.2, -0.15) is 30.8 Å². The zero-order valence-electron chi connectivity index (χ0n) is 81.8. The summed E-state index contributed by atoms with van der Waals surface area (Å²) in [5, 5.41) is 56.5. The number of nitrogens with one attached hydrogen (secondary N) is 8. The van der Waals surface area contributed by atoms with Gasteiger partial charge in [-0.15, -0.1) is 0 Å². The molecule has 0 aliphatic carbocycles. The molecule has 7 aliphatic rings. The molecule has 33 heteroatoms. The van der Waals surface area contributed by atoms with E-state index in [4.69, 9.17) is 0 Å². The lowest BCUT2D eigenvalue weighted by atomic mass is 9.98. The molecule has 0 amide bonds. The number of carbonyl (C=O) groups is 5. The molecule has 0 radical (unpaired) electrons. The molecule has 8 N–H and O–H groups in total. The van der Waals surface area contributed by atoms with Crippen molar-refractivity contribution >= 4 is 114 Å². The number of hydrogen-bond donors (Lipinski definition) is 8. The molecule has 145 heavy (non-hydrogen) atoms. The Morgan fingerprint density at radius 3 is 1.04 bits per heavy atom. The molecule has 0 saturated heterocycles. The van der Waals surface area contributed by atoms with Gasteiger partial charge in [-0.3, -0.25) is 47.4 Å². The van der Waals surface area contributed by atoms with Crippen LogP contribution in [0, 0.1) is 28.8 Å². The molecule has 7 aliphatic heterocycles. The molecule has 10 aromatic carbocycles. The van der Waals surface area contributed by atoms with Crippen LogP contribution in [0.5, 0.6) is 0 Å². The summed E-state index contributed by atoms with van der Waals surface area (Å²) in [6, 6.07) is 51.4. The van der Waals surface area contributed by atoms with Crippen molar-refractivity contribution < 1.29 is 54.7 Å². The van der Waals surface area contributed by atoms with Crippen LogP contribution >= 0.6 is 0 Å². The number of para-hydroxylation sites is 5. The van der Waals surface area contributed by atoms with Crippen LogP contribution < -0.4 is 52.3 Å². The first-order valence-corrected chi connectivity index (χ1v) is 48.3. The minimum Gasteiger partial charge on any atom is -0.380 e. The Kier molecular flexibility index (Phi) is 28.9. The summed E-state index contributed by atoms with van der Waals surface area (Å²) in [6.07, 6.45) is 17.9. The van der Waals surface area contributed by atoms with E-state index in [1.807, 2.05) is 138 Å². The van der Waals surface area contributed by atoms with Gasteiger partial charge in [0.1, 0.15) is 46.4 Å². The van der Waals surface area contributed by atoms with E-state index in [-0.39, 0.29) is 93.6 Å². The van der Waals surface area contributed by atoms with Crippen molar-refractivity contribution in [2.24, 2.45) is 35.2 Å². The van der Waals surface area contributed by atoms with Crippen LogP contribution in [-0.2, 0) is 104 Å². The van der Waals surface area contributed by atoms with Gasteiger partial charge in [0.15, 0.2) is 0 Å². The van der Waals surface area contributed by atoms with Crippen LogP contribution in [-0.4, -0.2) is 121 Å². The van der Waals surface area contributed by atoms with E-state index in [1.54, 1.807) is 96.6 Å². The van der Waals surface area contributed by atoms with E-state index in [2.05, 4.69) is 127 Å². The predicted molar refractivity (Wildman–Crippen MR) is 553 cm³/mol. The molecule has 0 bridgehead atoms. The highest BCUT2D eigenvalue weighted by molar-refractivity contribution is 5.96. The number of ketones is 5. The lowest BCUT2D eigenvalue weighted by Crippen LogP contribution is -2.20. The minimum absolute atomic E-state index is 0.0113. The van der Waals surface area contributed by atoms with Crippen molar-refractivity contribution in [3.05, 3.63) is 299 Å². The average molecular weight is 1960 g/mol. The summed E-state index contributed by atoms with van der Waals surface area (Å²) in [6.45, 7) is 11.6. The van der Waals surface area contributed by atoms with Crippen LogP contribution in [0.4, 0.5) is 116 Å². The number of alkyl halides is 4. The number of halogens is 7. The second kappa shape index (κ2) is 42.4. The first-order chi connectivity index (χ1) is 69.7. The monoisotopic (exact) mass is 1960 g/mol. The third-order valence-corrected chi connectivity index (χ3v) is 26.7. The van der Waals surface area contributed by atoms with E-state index < -0.39 is 24.5 Å². The van der Waals surface area contributed by atoms with Crippen LogP contribution in [0.15, 0.2) is 226 Å². The second-order valence-electron chi connectivity index (χ2n) is 38.3. The number of carbonyl (C=O) groups excluding carboxylic acids is 5. The summed E-state index contributed by atoms with van der Waals surface area (Å²) >= 11 is 0. The average Bonchev–Trinajstić information content (AvgIpc) is 1.62. The van der Waals surface area contributed by atoms with Crippen molar-refractivity contribution in [1.82, 2.24) is 48.9 Å². The Morgan fingerprint density at radius 1 is 0.324 bits per heavy atom. The van der Waals surface area contributed by atoms with E-state index in [0.29, 0.717) is 126 Å². The molecule has 0 fully saturated rings. The van der Waals surface area contributed by atoms with E-state index in [9.17, 15) is 60.0 Å². The Hall–Kier alpha value is -16.4. The van der Waals surface area contributed by atoms with Crippen molar-refractivity contribution in [2.45, 2.75) is 155 Å². The van der Waals surface area contributed by atoms with Crippen LogP contribution in [0.2, 0.25) is 0 Å². The van der Waals surface area contributed by atoms with E-state index in [0.717, 1.165) is 121 Å². The molecule has 0 unspecified atom stereocenters. The number of nitriles is 1. The van der Waals surface area contributed by atoms with Crippen LogP contribution in [0.25, 0.3) is 55.6 Å². The molecule has 5 aromatic heterocycles. The number of hydrogen-bond acceptors (Lipinski definition) is 21. The van der Waals surface area contributed by atoms with Crippen LogP contribution in [0.3, 0.4) is 0 Å². The summed E-state index contributed by atoms with van der Waals surface area (Å²) < 4.78 is 108. The maximum Gasteiger partial charge on any atom is 0.264 e. The minimum atomic E-state index is -2.79. The molecule has 0 saturated carbocycles. The summed E-state index contributed by atoms with van der Waals surface area (Å²) in [7, 11) is 8.98. The first-order valence-electron chi connectivity index (χ1n) is 48.3. The maximum absolute atomic E-state index is 14.9. The van der Waals surface area contributed by atoms with Gasteiger partial charge in [-0.25, -0.2) is 30.7 Å². The third kappa shape index (κ3) is 22.3. The second-order valence-corrected chi connectivity index (χ2v) is 38.3. The lowest BCUT2D eigenvalue weighted by Gasteiger charge is -2.26. The summed E-state index contributed by atoms with van der Waals surface area (Å²) in [4.78, 5) is 65.1. The number of anilines is 15. The largest absolute Gasteiger partial charge is 0.380 e. The quantitative estimate of drug-likeness (QED) is 0.0442. The molecule has 5 atom stereocenters. The number of aromatic nitrogens is 10. The smallest absolute Gasteiger partial charge is 0.264 e. The molecular weight excluding hydrogens is 1850 g/mol. The lowest BCUT2D eigenvalue weighted by molar-refractivity contribution is -0.119. The van der Waals surface area contributed by atoms with Crippen molar-refractivity contribution in [2.75, 3.05) is 65.4 Å². The SMILES string of the molecule is C[C@@H]1CC(=O)Cc2cccc(N3CCc4cc(-c5cnn(C)c5)c(C(F)F)cc43)c2N1.C[C@@H]1CC(=O)Cc2cccc(N3CCc4ccc(-c5cnn(C)c5)cc43)c2N1.C[C@@H]1CC(=O)Cc2cccc(Nc3cc(C#N)c(-c4cnn(C)c4)cc3F)c2N1.C[C@@H]1CC(=O)Cc2cccc(Nc3cc(C(F)F)c(-c4cnn(C)c4)cc3F)c2N1.C[C@@H]1CC(=O)Cc2cccc(Nc3ccc(-c4cnn(C)c4)cc3F)c2N1. The van der Waals surface area contributed by atoms with Gasteiger partial charge in [0.25, 0.3) is 12.9 Å². The number of Topliss-reactive ketones (excluding diaryl/α,β-unsaturated/α-hetero) is 5. The number of nitrogens with zero attached hydrogens (tertiary/aromatic N) is 13. The van der Waals surface area contributed by atoms with Gasteiger partial charge < -0.3 is 52.3 Å².